The first kappa shape index (κ1) is 15.2. The van der Waals surface area contributed by atoms with Crippen molar-refractivity contribution in [3.8, 4) is 0 Å². The van der Waals surface area contributed by atoms with Gasteiger partial charge in [-0.25, -0.2) is 4.98 Å². The molecule has 1 aromatic rings. The number of hydrogen-bond donors (Lipinski definition) is 1. The van der Waals surface area contributed by atoms with Crippen LogP contribution in [0.4, 0.5) is 5.13 Å². The summed E-state index contributed by atoms with van der Waals surface area (Å²) in [6, 6.07) is 1.08. The average Bonchev–Trinajstić information content (AvgIpc) is 3.07. The van der Waals surface area contributed by atoms with Gasteiger partial charge in [-0.3, -0.25) is 4.90 Å². The molecule has 3 rings (SSSR count). The van der Waals surface area contributed by atoms with Crippen molar-refractivity contribution in [2.45, 2.75) is 57.5 Å². The largest absolute Gasteiger partial charge is 0.345 e. The molecule has 6 heteroatoms. The lowest BCUT2D eigenvalue weighted by molar-refractivity contribution is 0.163. The first-order valence-corrected chi connectivity index (χ1v) is 8.79. The van der Waals surface area contributed by atoms with Crippen LogP contribution in [0.25, 0.3) is 0 Å². The number of nitrogens with two attached hydrogens (primary N) is 1. The van der Waals surface area contributed by atoms with Crippen molar-refractivity contribution >= 4 is 16.7 Å². The normalized spacial score (nSPS) is 25.7. The van der Waals surface area contributed by atoms with E-state index in [2.05, 4.69) is 34.9 Å². The molecule has 2 aliphatic rings. The third kappa shape index (κ3) is 3.38. The molecule has 1 unspecified atom stereocenters. The minimum Gasteiger partial charge on any atom is -0.345 e. The summed E-state index contributed by atoms with van der Waals surface area (Å²) in [5.74, 6) is 0.967. The second kappa shape index (κ2) is 5.82. The Labute approximate surface area is 131 Å². The van der Waals surface area contributed by atoms with Crippen LogP contribution in [-0.2, 0) is 5.41 Å². The van der Waals surface area contributed by atoms with Gasteiger partial charge in [-0.05, 0) is 32.4 Å². The van der Waals surface area contributed by atoms with Crippen LogP contribution in [0.5, 0.6) is 0 Å². The Morgan fingerprint density at radius 1 is 1.14 bits per heavy atom. The molecule has 118 valence electrons. The number of rotatable bonds is 2. The van der Waals surface area contributed by atoms with E-state index in [0.29, 0.717) is 12.1 Å². The third-order valence-electron chi connectivity index (χ3n) is 4.61. The van der Waals surface area contributed by atoms with Crippen molar-refractivity contribution < 1.29 is 0 Å². The molecular weight excluding hydrogens is 282 g/mol. The maximum absolute atomic E-state index is 6.00. The standard InChI is InChI=1S/C15H27N5S/c1-15(2,3)13-17-14(21-18-13)20-9-6-12(10-20)19-7-4-11(16)5-8-19/h11-12H,4-10,16H2,1-3H3. The summed E-state index contributed by atoms with van der Waals surface area (Å²) in [5.41, 5.74) is 6.04. The molecule has 2 saturated heterocycles. The molecule has 0 bridgehead atoms. The summed E-state index contributed by atoms with van der Waals surface area (Å²) in [7, 11) is 0. The maximum Gasteiger partial charge on any atom is 0.205 e. The molecule has 0 radical (unpaired) electrons. The highest BCUT2D eigenvalue weighted by Gasteiger charge is 2.32. The minimum atomic E-state index is 0.0386. The Balaban J connectivity index is 1.60. The molecule has 5 nitrogen and oxygen atoms in total. The Kier molecular flexibility index (Phi) is 4.21. The van der Waals surface area contributed by atoms with Crippen LogP contribution in [-0.4, -0.2) is 52.5 Å². The lowest BCUT2D eigenvalue weighted by Gasteiger charge is -2.34. The van der Waals surface area contributed by atoms with E-state index in [0.717, 1.165) is 50.0 Å². The summed E-state index contributed by atoms with van der Waals surface area (Å²) in [6.07, 6.45) is 3.52. The quantitative estimate of drug-likeness (QED) is 0.903. The smallest absolute Gasteiger partial charge is 0.205 e. The van der Waals surface area contributed by atoms with Crippen LogP contribution in [0, 0.1) is 0 Å². The summed E-state index contributed by atoms with van der Waals surface area (Å²) in [4.78, 5) is 9.78. The van der Waals surface area contributed by atoms with E-state index in [-0.39, 0.29) is 5.41 Å². The summed E-state index contributed by atoms with van der Waals surface area (Å²) < 4.78 is 4.54. The molecule has 0 aliphatic carbocycles. The maximum atomic E-state index is 6.00. The van der Waals surface area contributed by atoms with E-state index in [1.807, 2.05) is 0 Å². The van der Waals surface area contributed by atoms with Crippen molar-refractivity contribution in [3.63, 3.8) is 0 Å². The van der Waals surface area contributed by atoms with Gasteiger partial charge in [-0.2, -0.15) is 4.37 Å². The monoisotopic (exact) mass is 309 g/mol. The number of nitrogens with zero attached hydrogens (tertiary/aromatic N) is 4. The van der Waals surface area contributed by atoms with Crippen LogP contribution in [0.1, 0.15) is 45.9 Å². The van der Waals surface area contributed by atoms with E-state index in [9.17, 15) is 0 Å². The Hall–Kier alpha value is -0.720. The highest BCUT2D eigenvalue weighted by Crippen LogP contribution is 2.29. The Morgan fingerprint density at radius 3 is 2.48 bits per heavy atom. The van der Waals surface area contributed by atoms with Crippen LogP contribution < -0.4 is 10.6 Å². The number of piperidine rings is 1. The second-order valence-electron chi connectivity index (χ2n) is 7.41. The van der Waals surface area contributed by atoms with E-state index < -0.39 is 0 Å². The van der Waals surface area contributed by atoms with Gasteiger partial charge in [0.05, 0.1) is 0 Å². The number of hydrogen-bond acceptors (Lipinski definition) is 6. The number of likely N-dealkylation sites (tertiary alicyclic amines) is 1. The van der Waals surface area contributed by atoms with Crippen molar-refractivity contribution in [2.24, 2.45) is 5.73 Å². The predicted octanol–water partition coefficient (Wildman–Crippen LogP) is 1.84. The fourth-order valence-corrected chi connectivity index (χ4v) is 4.04. The molecule has 21 heavy (non-hydrogen) atoms. The average molecular weight is 309 g/mol. The van der Waals surface area contributed by atoms with Gasteiger partial charge >= 0.3 is 0 Å². The molecule has 0 saturated carbocycles. The van der Waals surface area contributed by atoms with Crippen molar-refractivity contribution in [1.29, 1.82) is 0 Å². The van der Waals surface area contributed by atoms with Gasteiger partial charge in [-0.1, -0.05) is 20.8 Å². The summed E-state index contributed by atoms with van der Waals surface area (Å²) >= 11 is 1.55. The van der Waals surface area contributed by atoms with Crippen LogP contribution in [0.2, 0.25) is 0 Å². The van der Waals surface area contributed by atoms with Gasteiger partial charge in [0, 0.05) is 42.1 Å². The predicted molar refractivity (Wildman–Crippen MR) is 88.0 cm³/mol. The van der Waals surface area contributed by atoms with Crippen molar-refractivity contribution in [2.75, 3.05) is 31.1 Å². The zero-order chi connectivity index (χ0) is 15.0. The molecule has 0 spiro atoms. The topological polar surface area (TPSA) is 58.3 Å². The Bertz CT molecular complexity index is 473. The molecular formula is C15H27N5S. The van der Waals surface area contributed by atoms with Gasteiger partial charge in [0.15, 0.2) is 0 Å². The van der Waals surface area contributed by atoms with Crippen molar-refractivity contribution in [1.82, 2.24) is 14.3 Å². The molecule has 2 aliphatic heterocycles. The molecule has 2 N–H and O–H groups in total. The zero-order valence-electron chi connectivity index (χ0n) is 13.4. The van der Waals surface area contributed by atoms with Crippen molar-refractivity contribution in [3.05, 3.63) is 5.82 Å². The molecule has 0 aromatic carbocycles. The van der Waals surface area contributed by atoms with Crippen LogP contribution in [0.3, 0.4) is 0 Å². The molecule has 0 amide bonds. The first-order valence-electron chi connectivity index (χ1n) is 8.02. The van der Waals surface area contributed by atoms with Gasteiger partial charge in [0.2, 0.25) is 5.13 Å². The van der Waals surface area contributed by atoms with Gasteiger partial charge in [0.1, 0.15) is 5.82 Å². The van der Waals surface area contributed by atoms with E-state index >= 15 is 0 Å². The van der Waals surface area contributed by atoms with Crippen LogP contribution >= 0.6 is 11.5 Å². The van der Waals surface area contributed by atoms with E-state index in [4.69, 9.17) is 10.7 Å². The fraction of sp³-hybridized carbons (Fsp3) is 0.867. The number of anilines is 1. The lowest BCUT2D eigenvalue weighted by atomic mass is 9.96. The Morgan fingerprint density at radius 2 is 1.86 bits per heavy atom. The van der Waals surface area contributed by atoms with E-state index in [1.165, 1.54) is 6.42 Å². The van der Waals surface area contributed by atoms with Crippen LogP contribution in [0.15, 0.2) is 0 Å². The molecule has 3 heterocycles. The third-order valence-corrected chi connectivity index (χ3v) is 5.39. The highest BCUT2D eigenvalue weighted by molar-refractivity contribution is 7.09. The summed E-state index contributed by atoms with van der Waals surface area (Å²) in [5, 5.41) is 1.09. The molecule has 1 aromatic heterocycles. The highest BCUT2D eigenvalue weighted by atomic mass is 32.1. The molecule has 1 atom stereocenters. The first-order chi connectivity index (χ1) is 9.93. The minimum absolute atomic E-state index is 0.0386. The van der Waals surface area contributed by atoms with E-state index in [1.54, 1.807) is 11.5 Å². The zero-order valence-corrected chi connectivity index (χ0v) is 14.2. The fourth-order valence-electron chi connectivity index (χ4n) is 3.15. The second-order valence-corrected chi connectivity index (χ2v) is 8.14. The van der Waals surface area contributed by atoms with Gasteiger partial charge < -0.3 is 10.6 Å². The lowest BCUT2D eigenvalue weighted by Crippen LogP contribution is -2.46. The van der Waals surface area contributed by atoms with Gasteiger partial charge in [0.25, 0.3) is 0 Å². The van der Waals surface area contributed by atoms with Gasteiger partial charge in [-0.15, -0.1) is 0 Å². The SMILES string of the molecule is CC(C)(C)c1nsc(N2CCC(N3CCC(N)CC3)C2)n1. The molecule has 2 fully saturated rings. The summed E-state index contributed by atoms with van der Waals surface area (Å²) in [6.45, 7) is 11.0. The number of aromatic nitrogens is 2.